The van der Waals surface area contributed by atoms with Crippen LogP contribution in [0.2, 0.25) is 5.02 Å². The van der Waals surface area contributed by atoms with Crippen LogP contribution >= 0.6 is 11.6 Å². The predicted molar refractivity (Wildman–Crippen MR) is 110 cm³/mol. The average Bonchev–Trinajstić information content (AvgIpc) is 3.27. The van der Waals surface area contributed by atoms with Crippen molar-refractivity contribution < 1.29 is 14.4 Å². The molecule has 0 spiro atoms. The lowest BCUT2D eigenvalue weighted by Gasteiger charge is -2.34. The summed E-state index contributed by atoms with van der Waals surface area (Å²) < 4.78 is 1.91. The summed E-state index contributed by atoms with van der Waals surface area (Å²) in [6, 6.07) is 8.34. The van der Waals surface area contributed by atoms with Gasteiger partial charge in [-0.3, -0.25) is 24.6 Å². The Bertz CT molecular complexity index is 1200. The first-order valence-electron chi connectivity index (χ1n) is 9.62. The normalized spacial score (nSPS) is 16.8. The van der Waals surface area contributed by atoms with Gasteiger partial charge < -0.3 is 9.30 Å². The fourth-order valence-corrected chi connectivity index (χ4v) is 4.08. The van der Waals surface area contributed by atoms with Crippen LogP contribution in [0.4, 0.5) is 0 Å². The van der Waals surface area contributed by atoms with E-state index < -0.39 is 11.8 Å². The Balaban J connectivity index is 1.23. The van der Waals surface area contributed by atoms with Gasteiger partial charge in [-0.1, -0.05) is 11.6 Å². The molecule has 1 aromatic carbocycles. The van der Waals surface area contributed by atoms with Gasteiger partial charge in [0.05, 0.1) is 21.8 Å². The second kappa shape index (κ2) is 7.23. The predicted octanol–water partition coefficient (Wildman–Crippen LogP) is 1.83. The molecular formula is C21H18ClN5O3. The number of benzene rings is 1. The number of rotatable bonds is 3. The number of carbonyl (C=O) groups is 3. The number of hydrogen-bond donors (Lipinski definition) is 1. The summed E-state index contributed by atoms with van der Waals surface area (Å²) >= 11 is 6.03. The van der Waals surface area contributed by atoms with Crippen molar-refractivity contribution in [3.8, 4) is 0 Å². The minimum absolute atomic E-state index is 0.132. The van der Waals surface area contributed by atoms with Crippen LogP contribution in [-0.2, 0) is 6.54 Å². The second-order valence-corrected chi connectivity index (χ2v) is 7.89. The quantitative estimate of drug-likeness (QED) is 0.649. The van der Waals surface area contributed by atoms with Gasteiger partial charge in [-0.2, -0.15) is 0 Å². The van der Waals surface area contributed by atoms with E-state index in [1.54, 1.807) is 11.0 Å². The van der Waals surface area contributed by atoms with Crippen molar-refractivity contribution in [2.45, 2.75) is 6.54 Å². The summed E-state index contributed by atoms with van der Waals surface area (Å²) in [6.45, 7) is 3.32. The molecule has 152 valence electrons. The van der Waals surface area contributed by atoms with Crippen LogP contribution < -0.4 is 5.32 Å². The van der Waals surface area contributed by atoms with E-state index in [0.717, 1.165) is 24.4 Å². The highest BCUT2D eigenvalue weighted by Crippen LogP contribution is 2.19. The number of piperazine rings is 1. The second-order valence-electron chi connectivity index (χ2n) is 7.46. The smallest absolute Gasteiger partial charge is 0.258 e. The Kier molecular flexibility index (Phi) is 4.52. The van der Waals surface area contributed by atoms with Gasteiger partial charge >= 0.3 is 0 Å². The van der Waals surface area contributed by atoms with Crippen LogP contribution in [0, 0.1) is 0 Å². The average molecular weight is 424 g/mol. The van der Waals surface area contributed by atoms with Crippen molar-refractivity contribution in [1.29, 1.82) is 0 Å². The number of aromatic nitrogens is 2. The number of halogens is 1. The number of amides is 3. The van der Waals surface area contributed by atoms with Crippen molar-refractivity contribution in [2.24, 2.45) is 0 Å². The minimum Gasteiger partial charge on any atom is -0.336 e. The largest absolute Gasteiger partial charge is 0.336 e. The van der Waals surface area contributed by atoms with Gasteiger partial charge in [0, 0.05) is 50.7 Å². The molecule has 1 N–H and O–H groups in total. The molecule has 3 amide bonds. The third kappa shape index (κ3) is 3.34. The number of pyridine rings is 1. The Labute approximate surface area is 177 Å². The molecule has 4 heterocycles. The topological polar surface area (TPSA) is 87.0 Å². The number of nitrogens with one attached hydrogen (secondary N) is 1. The van der Waals surface area contributed by atoms with Crippen LogP contribution in [0.15, 0.2) is 42.7 Å². The molecule has 9 heteroatoms. The molecule has 3 aromatic rings. The third-order valence-corrected chi connectivity index (χ3v) is 5.72. The number of nitrogens with zero attached hydrogens (tertiary/aromatic N) is 4. The molecule has 8 nitrogen and oxygen atoms in total. The number of hydrogen-bond acceptors (Lipinski definition) is 5. The van der Waals surface area contributed by atoms with Crippen molar-refractivity contribution in [3.05, 3.63) is 70.1 Å². The van der Waals surface area contributed by atoms with Crippen LogP contribution in [0.1, 0.15) is 36.8 Å². The summed E-state index contributed by atoms with van der Waals surface area (Å²) in [4.78, 5) is 45.0. The van der Waals surface area contributed by atoms with Gasteiger partial charge in [-0.05, 0) is 30.3 Å². The molecule has 1 saturated heterocycles. The maximum absolute atomic E-state index is 12.9. The van der Waals surface area contributed by atoms with Gasteiger partial charge in [0.1, 0.15) is 5.65 Å². The van der Waals surface area contributed by atoms with Gasteiger partial charge in [-0.25, -0.2) is 4.98 Å². The van der Waals surface area contributed by atoms with Crippen molar-refractivity contribution in [3.63, 3.8) is 0 Å². The first-order chi connectivity index (χ1) is 14.5. The lowest BCUT2D eigenvalue weighted by atomic mass is 10.0. The highest BCUT2D eigenvalue weighted by atomic mass is 35.5. The molecule has 0 atom stereocenters. The standard InChI is InChI=1S/C21H18ClN5O3/c22-14-2-4-18-23-15(12-27(18)10-14)11-25-5-7-26(8-6-25)21(30)13-1-3-16-17(9-13)20(29)24-19(16)28/h1-4,9-10,12H,5-8,11H2,(H,24,28,29). The Morgan fingerprint density at radius 1 is 1.00 bits per heavy atom. The molecule has 2 aliphatic rings. The molecule has 2 aromatic heterocycles. The summed E-state index contributed by atoms with van der Waals surface area (Å²) in [6.07, 6.45) is 3.80. The number of imide groups is 1. The molecule has 0 aliphatic carbocycles. The van der Waals surface area contributed by atoms with Gasteiger partial charge in [-0.15, -0.1) is 0 Å². The molecule has 0 radical (unpaired) electrons. The SMILES string of the molecule is O=C1NC(=O)c2cc(C(=O)N3CCN(Cc4cn5cc(Cl)ccc5n4)CC3)ccc21. The van der Waals surface area contributed by atoms with E-state index in [-0.39, 0.29) is 11.5 Å². The summed E-state index contributed by atoms with van der Waals surface area (Å²) in [7, 11) is 0. The van der Waals surface area contributed by atoms with E-state index in [4.69, 9.17) is 11.6 Å². The molecule has 2 aliphatic heterocycles. The molecule has 1 fully saturated rings. The lowest BCUT2D eigenvalue weighted by Crippen LogP contribution is -2.48. The third-order valence-electron chi connectivity index (χ3n) is 5.49. The zero-order valence-corrected chi connectivity index (χ0v) is 16.7. The Morgan fingerprint density at radius 3 is 2.57 bits per heavy atom. The van der Waals surface area contributed by atoms with E-state index in [1.165, 1.54) is 12.1 Å². The summed E-state index contributed by atoms with van der Waals surface area (Å²) in [5.74, 6) is -1.01. The van der Waals surface area contributed by atoms with Gasteiger partial charge in [0.15, 0.2) is 0 Å². The molecule has 0 bridgehead atoms. The number of fused-ring (bicyclic) bond motifs is 2. The van der Waals surface area contributed by atoms with Gasteiger partial charge in [0.2, 0.25) is 0 Å². The lowest BCUT2D eigenvalue weighted by molar-refractivity contribution is 0.0627. The first kappa shape index (κ1) is 18.8. The van der Waals surface area contributed by atoms with Crippen LogP contribution in [-0.4, -0.2) is 63.1 Å². The highest BCUT2D eigenvalue weighted by Gasteiger charge is 2.29. The van der Waals surface area contributed by atoms with Gasteiger partial charge in [0.25, 0.3) is 17.7 Å². The maximum atomic E-state index is 12.9. The van der Waals surface area contributed by atoms with Crippen LogP contribution in [0.3, 0.4) is 0 Å². The highest BCUT2D eigenvalue weighted by molar-refractivity contribution is 6.30. The van der Waals surface area contributed by atoms with E-state index in [9.17, 15) is 14.4 Å². The van der Waals surface area contributed by atoms with E-state index in [2.05, 4.69) is 15.2 Å². The molecule has 0 saturated carbocycles. The zero-order chi connectivity index (χ0) is 20.8. The minimum atomic E-state index is -0.455. The summed E-state index contributed by atoms with van der Waals surface area (Å²) in [5, 5.41) is 2.90. The van der Waals surface area contributed by atoms with Crippen molar-refractivity contribution in [1.82, 2.24) is 24.5 Å². The van der Waals surface area contributed by atoms with Crippen molar-refractivity contribution >= 4 is 35.0 Å². The van der Waals surface area contributed by atoms with E-state index in [1.807, 2.05) is 28.9 Å². The first-order valence-corrected chi connectivity index (χ1v) is 10.0. The Hall–Kier alpha value is -3.23. The van der Waals surface area contributed by atoms with Crippen molar-refractivity contribution in [2.75, 3.05) is 26.2 Å². The zero-order valence-electron chi connectivity index (χ0n) is 16.0. The fraction of sp³-hybridized carbons (Fsp3) is 0.238. The molecule has 5 rings (SSSR count). The monoisotopic (exact) mass is 423 g/mol. The molecule has 0 unspecified atom stereocenters. The molecular weight excluding hydrogens is 406 g/mol. The molecule has 30 heavy (non-hydrogen) atoms. The van der Waals surface area contributed by atoms with Crippen LogP contribution in [0.25, 0.3) is 5.65 Å². The van der Waals surface area contributed by atoms with E-state index >= 15 is 0 Å². The number of carbonyl (C=O) groups excluding carboxylic acids is 3. The fourth-order valence-electron chi connectivity index (χ4n) is 3.92. The van der Waals surface area contributed by atoms with Crippen LogP contribution in [0.5, 0.6) is 0 Å². The van der Waals surface area contributed by atoms with E-state index in [0.29, 0.717) is 35.8 Å². The summed E-state index contributed by atoms with van der Waals surface area (Å²) in [5.41, 5.74) is 2.80. The number of imidazole rings is 1. The Morgan fingerprint density at radius 2 is 1.77 bits per heavy atom. The maximum Gasteiger partial charge on any atom is 0.258 e.